The molecule has 1 amide bonds. The number of halogens is 1. The quantitative estimate of drug-likeness (QED) is 0.552. The molecule has 0 spiro atoms. The Morgan fingerprint density at radius 2 is 2.17 bits per heavy atom. The molecule has 0 radical (unpaired) electrons. The molecule has 184 valence electrons. The fourth-order valence-corrected chi connectivity index (χ4v) is 5.47. The van der Waals surface area contributed by atoms with Crippen LogP contribution in [0.25, 0.3) is 5.65 Å². The number of ether oxygens (including phenoxy) is 2. The Hall–Kier alpha value is -3.20. The topological polar surface area (TPSA) is 86.9 Å². The average molecular weight is 481 g/mol. The molecule has 2 bridgehead atoms. The molecule has 4 heterocycles. The first kappa shape index (κ1) is 22.3. The van der Waals surface area contributed by atoms with Crippen LogP contribution in [0.1, 0.15) is 68.0 Å². The lowest BCUT2D eigenvalue weighted by atomic mass is 9.84. The third-order valence-corrected chi connectivity index (χ3v) is 7.49. The van der Waals surface area contributed by atoms with E-state index in [1.54, 1.807) is 39.6 Å². The van der Waals surface area contributed by atoms with Crippen LogP contribution in [0.15, 0.2) is 41.6 Å². The van der Waals surface area contributed by atoms with Gasteiger partial charge in [0, 0.05) is 36.1 Å². The van der Waals surface area contributed by atoms with Crippen molar-refractivity contribution in [3.63, 3.8) is 0 Å². The number of carbonyl (C=O) groups is 1. The van der Waals surface area contributed by atoms with Crippen molar-refractivity contribution in [2.45, 2.75) is 69.1 Å². The zero-order chi connectivity index (χ0) is 24.4. The van der Waals surface area contributed by atoms with E-state index in [1.165, 1.54) is 0 Å². The summed E-state index contributed by atoms with van der Waals surface area (Å²) in [7, 11) is 0. The maximum Gasteiger partial charge on any atom is 0.274 e. The van der Waals surface area contributed by atoms with Crippen molar-refractivity contribution in [3.05, 3.63) is 58.4 Å². The van der Waals surface area contributed by atoms with Gasteiger partial charge in [-0.05, 0) is 58.1 Å². The minimum absolute atomic E-state index is 0.163. The Labute approximate surface area is 202 Å². The molecule has 8 nitrogen and oxygen atoms in total. The molecule has 1 aliphatic heterocycles. The van der Waals surface area contributed by atoms with Crippen LogP contribution in [-0.4, -0.2) is 44.8 Å². The number of pyridine rings is 2. The number of carbonyl (C=O) groups excluding carboxylic acids is 1. The lowest BCUT2D eigenvalue weighted by Gasteiger charge is -2.25. The highest BCUT2D eigenvalue weighted by molar-refractivity contribution is 6.06. The first-order valence-corrected chi connectivity index (χ1v) is 12.2. The summed E-state index contributed by atoms with van der Waals surface area (Å²) in [5.41, 5.74) is 0.824. The molecule has 1 saturated heterocycles. The van der Waals surface area contributed by atoms with Crippen molar-refractivity contribution in [1.82, 2.24) is 14.0 Å². The van der Waals surface area contributed by atoms with Gasteiger partial charge in [0.15, 0.2) is 0 Å². The van der Waals surface area contributed by atoms with Gasteiger partial charge in [-0.2, -0.15) is 0 Å². The summed E-state index contributed by atoms with van der Waals surface area (Å²) in [4.78, 5) is 31.0. The number of imidazole rings is 1. The number of hydrogen-bond donors (Lipinski definition) is 1. The van der Waals surface area contributed by atoms with E-state index < -0.39 is 18.2 Å². The lowest BCUT2D eigenvalue weighted by Crippen LogP contribution is -2.29. The summed E-state index contributed by atoms with van der Waals surface area (Å²) < 4.78 is 28.9. The van der Waals surface area contributed by atoms with Crippen molar-refractivity contribution >= 4 is 17.2 Å². The Bertz CT molecular complexity index is 1370. The number of nitrogens with zero attached hydrogens (tertiary/aromatic N) is 3. The molecule has 3 aliphatic rings. The summed E-state index contributed by atoms with van der Waals surface area (Å²) in [6, 6.07) is 5.35. The van der Waals surface area contributed by atoms with Gasteiger partial charge in [0.2, 0.25) is 0 Å². The molecule has 0 unspecified atom stereocenters. The monoisotopic (exact) mass is 480 g/mol. The normalized spacial score (nSPS) is 25.5. The van der Waals surface area contributed by atoms with Crippen LogP contribution in [0.2, 0.25) is 0 Å². The fourth-order valence-electron chi connectivity index (χ4n) is 5.47. The van der Waals surface area contributed by atoms with E-state index in [0.717, 1.165) is 25.0 Å². The molecule has 3 fully saturated rings. The molecule has 2 atom stereocenters. The van der Waals surface area contributed by atoms with E-state index in [9.17, 15) is 14.0 Å². The maximum atomic E-state index is 13.6. The molecular formula is C26H29FN4O4. The molecule has 3 aromatic heterocycles. The Morgan fingerprint density at radius 1 is 1.34 bits per heavy atom. The van der Waals surface area contributed by atoms with Gasteiger partial charge in [-0.3, -0.25) is 9.59 Å². The highest BCUT2D eigenvalue weighted by Gasteiger charge is 2.57. The Kier molecular flexibility index (Phi) is 5.03. The van der Waals surface area contributed by atoms with Crippen LogP contribution >= 0.6 is 0 Å². The fraction of sp³-hybridized carbons (Fsp3) is 0.500. The van der Waals surface area contributed by atoms with E-state index in [-0.39, 0.29) is 28.8 Å². The average Bonchev–Trinajstić information content (AvgIpc) is 3.32. The number of amides is 1. The van der Waals surface area contributed by atoms with Gasteiger partial charge in [0.05, 0.1) is 29.6 Å². The van der Waals surface area contributed by atoms with Gasteiger partial charge in [0.1, 0.15) is 23.8 Å². The van der Waals surface area contributed by atoms with Crippen LogP contribution in [0.5, 0.6) is 5.75 Å². The zero-order valence-corrected chi connectivity index (χ0v) is 19.9. The van der Waals surface area contributed by atoms with Gasteiger partial charge in [-0.15, -0.1) is 0 Å². The third kappa shape index (κ3) is 3.73. The van der Waals surface area contributed by atoms with Crippen LogP contribution in [-0.2, 0) is 10.2 Å². The second kappa shape index (κ2) is 7.91. The van der Waals surface area contributed by atoms with Gasteiger partial charge < -0.3 is 23.8 Å². The van der Waals surface area contributed by atoms with Gasteiger partial charge >= 0.3 is 0 Å². The van der Waals surface area contributed by atoms with Crippen molar-refractivity contribution in [1.29, 1.82) is 0 Å². The second-order valence-electron chi connectivity index (χ2n) is 10.5. The van der Waals surface area contributed by atoms with Crippen molar-refractivity contribution < 1.29 is 18.7 Å². The molecule has 6 rings (SSSR count). The zero-order valence-electron chi connectivity index (χ0n) is 19.9. The Morgan fingerprint density at radius 3 is 2.83 bits per heavy atom. The first-order valence-electron chi connectivity index (χ1n) is 12.2. The number of rotatable bonds is 7. The van der Waals surface area contributed by atoms with Crippen molar-refractivity contribution in [3.8, 4) is 5.75 Å². The van der Waals surface area contributed by atoms with Crippen LogP contribution < -0.4 is 15.6 Å². The van der Waals surface area contributed by atoms with Crippen LogP contribution in [0.4, 0.5) is 10.1 Å². The summed E-state index contributed by atoms with van der Waals surface area (Å²) in [6.45, 7) is 3.74. The van der Waals surface area contributed by atoms with Crippen LogP contribution in [0.3, 0.4) is 0 Å². The largest absolute Gasteiger partial charge is 0.490 e. The summed E-state index contributed by atoms with van der Waals surface area (Å²) in [5.74, 6) is -0.0339. The van der Waals surface area contributed by atoms with E-state index in [1.807, 2.05) is 20.0 Å². The minimum atomic E-state index is -0.685. The maximum absolute atomic E-state index is 13.6. The highest BCUT2D eigenvalue weighted by Crippen LogP contribution is 2.54. The van der Waals surface area contributed by atoms with Crippen molar-refractivity contribution in [2.24, 2.45) is 0 Å². The van der Waals surface area contributed by atoms with Crippen LogP contribution in [0, 0.1) is 0 Å². The van der Waals surface area contributed by atoms with Crippen molar-refractivity contribution in [2.75, 3.05) is 18.6 Å². The Balaban J connectivity index is 1.36. The minimum Gasteiger partial charge on any atom is -0.490 e. The van der Waals surface area contributed by atoms with E-state index >= 15 is 0 Å². The molecule has 1 N–H and O–H groups in total. The summed E-state index contributed by atoms with van der Waals surface area (Å²) in [5, 5.41) is 2.78. The predicted octanol–water partition coefficient (Wildman–Crippen LogP) is 4.03. The number of nitrogens with one attached hydrogen (secondary N) is 1. The van der Waals surface area contributed by atoms with E-state index in [2.05, 4.69) is 5.32 Å². The molecule has 35 heavy (non-hydrogen) atoms. The molecule has 2 saturated carbocycles. The van der Waals surface area contributed by atoms with E-state index in [0.29, 0.717) is 36.4 Å². The van der Waals surface area contributed by atoms with Gasteiger partial charge in [-0.1, -0.05) is 0 Å². The number of anilines is 1. The second-order valence-corrected chi connectivity index (χ2v) is 10.5. The third-order valence-electron chi connectivity index (χ3n) is 7.49. The molecular weight excluding hydrogens is 451 g/mol. The number of aromatic nitrogens is 3. The smallest absolute Gasteiger partial charge is 0.274 e. The van der Waals surface area contributed by atoms with E-state index in [4.69, 9.17) is 14.5 Å². The van der Waals surface area contributed by atoms with Gasteiger partial charge in [-0.25, -0.2) is 9.37 Å². The number of alkyl halides is 1. The standard InChI is InChI=1S/C26H29FN4O4/c1-16(2)35-20-10-22-29-21(25-7-8-26(13-25,14-27)34-15-25)12-30(22)11-18(20)23(32)28-19-4-3-9-31(24(19)33)17-5-6-17/h3-4,9-12,16-17H,5-8,13-15H2,1-2H3,(H,28,32)/t25-,26-/m1/s1. The first-order chi connectivity index (χ1) is 16.8. The SMILES string of the molecule is CC(C)Oc1cc2nc([C@]34CC[C@](CF)(C3)OC4)cn2cc1C(=O)Nc1cccn(C2CC2)c1=O. The molecule has 3 aromatic rings. The summed E-state index contributed by atoms with van der Waals surface area (Å²) >= 11 is 0. The predicted molar refractivity (Wildman–Crippen MR) is 128 cm³/mol. The molecule has 0 aromatic carbocycles. The highest BCUT2D eigenvalue weighted by atomic mass is 19.1. The molecule has 2 aliphatic carbocycles. The lowest BCUT2D eigenvalue weighted by molar-refractivity contribution is -0.0356. The van der Waals surface area contributed by atoms with Gasteiger partial charge in [0.25, 0.3) is 11.5 Å². The summed E-state index contributed by atoms with van der Waals surface area (Å²) in [6.07, 6.45) is 9.25. The number of hydrogen-bond acceptors (Lipinski definition) is 5. The number of fused-ring (bicyclic) bond motifs is 3. The molecule has 9 heteroatoms.